The van der Waals surface area contributed by atoms with E-state index in [1.54, 1.807) is 6.26 Å². The number of tetrazole rings is 1. The van der Waals surface area contributed by atoms with Crippen molar-refractivity contribution in [2.75, 3.05) is 0 Å². The highest BCUT2D eigenvalue weighted by Gasteiger charge is 2.33. The van der Waals surface area contributed by atoms with Crippen LogP contribution in [0.4, 0.5) is 0 Å². The third kappa shape index (κ3) is 4.80. The van der Waals surface area contributed by atoms with Gasteiger partial charge in [0.15, 0.2) is 5.82 Å². The molecule has 0 spiro atoms. The molecule has 3 heterocycles. The molecule has 0 radical (unpaired) electrons. The van der Waals surface area contributed by atoms with Crippen molar-refractivity contribution in [3.05, 3.63) is 75.2 Å². The van der Waals surface area contributed by atoms with Crippen LogP contribution in [0.5, 0.6) is 0 Å². The lowest BCUT2D eigenvalue weighted by Crippen LogP contribution is -2.35. The molecule has 4 aromatic rings. The lowest BCUT2D eigenvalue weighted by Gasteiger charge is -2.33. The average molecular weight is 475 g/mol. The second-order valence-electron chi connectivity index (χ2n) is 10.2. The molecule has 35 heavy (non-hydrogen) atoms. The van der Waals surface area contributed by atoms with E-state index in [1.165, 1.54) is 24.0 Å². The predicted molar refractivity (Wildman–Crippen MR) is 135 cm³/mol. The molecule has 0 unspecified atom stereocenters. The minimum absolute atomic E-state index is 0.0666. The Bertz CT molecular complexity index is 1350. The largest absolute Gasteiger partial charge is 0.468 e. The van der Waals surface area contributed by atoms with Gasteiger partial charge in [0, 0.05) is 17.6 Å². The zero-order valence-corrected chi connectivity index (χ0v) is 21.0. The number of benzene rings is 1. The van der Waals surface area contributed by atoms with Gasteiger partial charge in [-0.05, 0) is 89.9 Å². The number of nitrogens with one attached hydrogen (secondary N) is 1. The summed E-state index contributed by atoms with van der Waals surface area (Å²) in [6.45, 7) is 9.54. The van der Waals surface area contributed by atoms with Crippen molar-refractivity contribution in [3.8, 4) is 0 Å². The van der Waals surface area contributed by atoms with E-state index in [1.807, 2.05) is 28.9 Å². The van der Waals surface area contributed by atoms with Gasteiger partial charge in [-0.15, -0.1) is 5.10 Å². The first-order valence-electron chi connectivity index (χ1n) is 12.6. The first kappa shape index (κ1) is 23.5. The van der Waals surface area contributed by atoms with E-state index in [0.717, 1.165) is 40.9 Å². The minimum Gasteiger partial charge on any atom is -0.468 e. The maximum atomic E-state index is 13.2. The minimum atomic E-state index is -0.0782. The number of rotatable bonds is 8. The van der Waals surface area contributed by atoms with Gasteiger partial charge < -0.3 is 9.40 Å². The summed E-state index contributed by atoms with van der Waals surface area (Å²) in [4.78, 5) is 18.5. The van der Waals surface area contributed by atoms with Gasteiger partial charge in [-0.25, -0.2) is 4.68 Å². The molecule has 1 saturated carbocycles. The molecular weight excluding hydrogens is 440 g/mol. The first-order valence-corrected chi connectivity index (χ1v) is 12.6. The average Bonchev–Trinajstić information content (AvgIpc) is 3.58. The number of hydrogen-bond acceptors (Lipinski definition) is 6. The van der Waals surface area contributed by atoms with Crippen molar-refractivity contribution in [2.45, 2.75) is 78.6 Å². The number of pyridine rings is 1. The molecule has 3 aromatic heterocycles. The Kier molecular flexibility index (Phi) is 6.56. The summed E-state index contributed by atoms with van der Waals surface area (Å²) in [6, 6.07) is 10.3. The van der Waals surface area contributed by atoms with Gasteiger partial charge in [0.1, 0.15) is 5.76 Å². The number of nitrogens with zero attached hydrogens (tertiary/aromatic N) is 5. The molecule has 1 N–H and O–H groups in total. The van der Waals surface area contributed by atoms with Crippen LogP contribution in [0, 0.1) is 19.8 Å². The second-order valence-corrected chi connectivity index (χ2v) is 10.2. The Balaban J connectivity index is 1.56. The van der Waals surface area contributed by atoms with Crippen molar-refractivity contribution in [3.63, 3.8) is 0 Å². The molecule has 184 valence electrons. The Morgan fingerprint density at radius 3 is 2.63 bits per heavy atom. The van der Waals surface area contributed by atoms with Crippen molar-refractivity contribution < 1.29 is 4.42 Å². The fourth-order valence-electron chi connectivity index (χ4n) is 5.40. The fraction of sp³-hybridized carbons (Fsp3) is 0.481. The number of aryl methyl sites for hydroxylation is 2. The van der Waals surface area contributed by atoms with Crippen LogP contribution in [-0.2, 0) is 13.1 Å². The van der Waals surface area contributed by atoms with E-state index in [2.05, 4.69) is 59.2 Å². The zero-order valence-electron chi connectivity index (χ0n) is 21.0. The summed E-state index contributed by atoms with van der Waals surface area (Å²) in [5.41, 5.74) is 3.89. The smallest absolute Gasteiger partial charge is 0.252 e. The summed E-state index contributed by atoms with van der Waals surface area (Å²) in [7, 11) is 0. The summed E-state index contributed by atoms with van der Waals surface area (Å²) in [5.74, 6) is 1.93. The van der Waals surface area contributed by atoms with E-state index in [9.17, 15) is 4.79 Å². The lowest BCUT2D eigenvalue weighted by atomic mass is 9.99. The molecule has 8 nitrogen and oxygen atoms in total. The van der Waals surface area contributed by atoms with Crippen LogP contribution in [0.25, 0.3) is 10.9 Å². The van der Waals surface area contributed by atoms with Crippen molar-refractivity contribution >= 4 is 10.9 Å². The number of aromatic amines is 1. The number of H-pyrrole nitrogens is 1. The summed E-state index contributed by atoms with van der Waals surface area (Å²) in [6.07, 6.45) is 6.30. The zero-order chi connectivity index (χ0) is 24.5. The highest BCUT2D eigenvalue weighted by molar-refractivity contribution is 5.80. The molecule has 0 saturated heterocycles. The van der Waals surface area contributed by atoms with Crippen LogP contribution in [0.2, 0.25) is 0 Å². The fourth-order valence-corrected chi connectivity index (χ4v) is 5.40. The molecular formula is C27H34N6O2. The van der Waals surface area contributed by atoms with Crippen molar-refractivity contribution in [2.24, 2.45) is 5.92 Å². The third-order valence-electron chi connectivity index (χ3n) is 7.33. The Labute approximate surface area is 205 Å². The van der Waals surface area contributed by atoms with Crippen LogP contribution < -0.4 is 5.56 Å². The summed E-state index contributed by atoms with van der Waals surface area (Å²) < 4.78 is 7.75. The van der Waals surface area contributed by atoms with Crippen molar-refractivity contribution in [1.29, 1.82) is 0 Å². The van der Waals surface area contributed by atoms with Crippen LogP contribution in [0.3, 0.4) is 0 Å². The first-order chi connectivity index (χ1) is 16.9. The molecule has 1 aromatic carbocycles. The van der Waals surface area contributed by atoms with E-state index < -0.39 is 0 Å². The maximum absolute atomic E-state index is 13.2. The summed E-state index contributed by atoms with van der Waals surface area (Å²) in [5, 5.41) is 14.0. The van der Waals surface area contributed by atoms with Gasteiger partial charge >= 0.3 is 0 Å². The number of furan rings is 1. The molecule has 1 atom stereocenters. The monoisotopic (exact) mass is 474 g/mol. The van der Waals surface area contributed by atoms with Crippen LogP contribution in [0.15, 0.2) is 45.8 Å². The summed E-state index contributed by atoms with van der Waals surface area (Å²) >= 11 is 0. The molecule has 1 fully saturated rings. The number of aromatic nitrogens is 5. The molecule has 0 bridgehead atoms. The Morgan fingerprint density at radius 1 is 1.14 bits per heavy atom. The van der Waals surface area contributed by atoms with E-state index in [-0.39, 0.29) is 17.5 Å². The number of hydrogen-bond donors (Lipinski definition) is 1. The topological polar surface area (TPSA) is 92.8 Å². The quantitative estimate of drug-likeness (QED) is 0.375. The highest BCUT2D eigenvalue weighted by Crippen LogP contribution is 2.35. The van der Waals surface area contributed by atoms with Gasteiger partial charge in [-0.1, -0.05) is 26.7 Å². The van der Waals surface area contributed by atoms with E-state index in [4.69, 9.17) is 4.42 Å². The maximum Gasteiger partial charge on any atom is 0.252 e. The van der Waals surface area contributed by atoms with Crippen LogP contribution in [-0.4, -0.2) is 30.1 Å². The normalized spacial score (nSPS) is 15.6. The van der Waals surface area contributed by atoms with Crippen LogP contribution in [0.1, 0.15) is 79.9 Å². The number of fused-ring (bicyclic) bond motifs is 1. The molecule has 0 amide bonds. The highest BCUT2D eigenvalue weighted by atomic mass is 16.3. The second kappa shape index (κ2) is 9.77. The van der Waals surface area contributed by atoms with Gasteiger partial charge in [-0.3, -0.25) is 9.69 Å². The van der Waals surface area contributed by atoms with E-state index in [0.29, 0.717) is 19.1 Å². The van der Waals surface area contributed by atoms with Gasteiger partial charge in [0.25, 0.3) is 5.56 Å². The third-order valence-corrected chi connectivity index (χ3v) is 7.33. The SMILES string of the molecule is Cc1cc2cc(CN(Cc3ccco3)[C@H](c3nnnn3C3CCCC3)C(C)C)c(=O)[nH]c2cc1C. The predicted octanol–water partition coefficient (Wildman–Crippen LogP) is 5.24. The van der Waals surface area contributed by atoms with Crippen molar-refractivity contribution in [1.82, 2.24) is 30.1 Å². The lowest BCUT2D eigenvalue weighted by molar-refractivity contribution is 0.114. The molecule has 8 heteroatoms. The van der Waals surface area contributed by atoms with Crippen LogP contribution >= 0.6 is 0 Å². The van der Waals surface area contributed by atoms with Gasteiger partial charge in [0.2, 0.25) is 0 Å². The Hall–Kier alpha value is -3.26. The Morgan fingerprint density at radius 2 is 1.91 bits per heavy atom. The van der Waals surface area contributed by atoms with Gasteiger partial charge in [-0.2, -0.15) is 0 Å². The molecule has 5 rings (SSSR count). The molecule has 0 aliphatic heterocycles. The van der Waals surface area contributed by atoms with E-state index >= 15 is 0 Å². The van der Waals surface area contributed by atoms with Gasteiger partial charge in [0.05, 0.1) is 24.9 Å². The standard InChI is InChI=1S/C27H34N6O2/c1-17(2)25(26-29-30-31-33(26)22-8-5-6-9-22)32(16-23-10-7-11-35-23)15-21-14-20-12-18(3)19(4)13-24(20)28-27(21)34/h7,10-14,17,22,25H,5-6,8-9,15-16H2,1-4H3,(H,28,34)/t25-/m0/s1. The molecule has 1 aliphatic rings. The molecule has 1 aliphatic carbocycles.